The molecule has 9 fully saturated rings. The van der Waals surface area contributed by atoms with Gasteiger partial charge in [-0.3, -0.25) is 28.8 Å². The van der Waals surface area contributed by atoms with Crippen LogP contribution in [0.5, 0.6) is 0 Å². The normalized spacial score (nSPS) is 29.8. The van der Waals surface area contributed by atoms with Crippen molar-refractivity contribution >= 4 is 35.8 Å². The zero-order valence-electron chi connectivity index (χ0n) is 75.3. The van der Waals surface area contributed by atoms with E-state index in [0.29, 0.717) is 11.8 Å². The summed E-state index contributed by atoms with van der Waals surface area (Å²) in [4.78, 5) is 73.5. The Balaban J connectivity index is 0.000000329. The highest BCUT2D eigenvalue weighted by Gasteiger charge is 2.70. The predicted molar refractivity (Wildman–Crippen MR) is 439 cm³/mol. The number of rotatable bonds is 20. The van der Waals surface area contributed by atoms with Crippen molar-refractivity contribution < 1.29 is 57.2 Å². The van der Waals surface area contributed by atoms with Gasteiger partial charge in [-0.2, -0.15) is 0 Å². The van der Waals surface area contributed by atoms with Gasteiger partial charge in [-0.1, -0.05) is 155 Å². The van der Waals surface area contributed by atoms with Gasteiger partial charge in [-0.05, 0) is 327 Å². The smallest absolute Gasteiger partial charge is 0.312 e. The van der Waals surface area contributed by atoms with Crippen molar-refractivity contribution in [1.29, 1.82) is 0 Å². The Hall–Kier alpha value is -3.18. The highest BCUT2D eigenvalue weighted by atomic mass is 16.6. The van der Waals surface area contributed by atoms with E-state index in [1.807, 2.05) is 118 Å². The van der Waals surface area contributed by atoms with Crippen LogP contribution in [0.4, 0.5) is 0 Å². The number of carbonyl (C=O) groups excluding carboxylic acids is 6. The Morgan fingerprint density at radius 1 is 0.321 bits per heavy atom. The molecule has 12 heteroatoms. The van der Waals surface area contributed by atoms with Crippen molar-refractivity contribution in [1.82, 2.24) is 0 Å². The van der Waals surface area contributed by atoms with E-state index in [9.17, 15) is 28.8 Å². The summed E-state index contributed by atoms with van der Waals surface area (Å²) in [6, 6.07) is 0. The average molecular weight is 1490 g/mol. The van der Waals surface area contributed by atoms with Crippen molar-refractivity contribution in [3.05, 3.63) is 0 Å². The van der Waals surface area contributed by atoms with Crippen molar-refractivity contribution in [3.8, 4) is 0 Å². The van der Waals surface area contributed by atoms with E-state index in [4.69, 9.17) is 28.4 Å². The Morgan fingerprint density at radius 2 is 0.651 bits per heavy atom. The molecule has 9 unspecified atom stereocenters. The van der Waals surface area contributed by atoms with Crippen LogP contribution in [0.25, 0.3) is 0 Å². The molecule has 0 aromatic rings. The zero-order chi connectivity index (χ0) is 81.1. The van der Waals surface area contributed by atoms with Crippen LogP contribution in [0, 0.1) is 72.4 Å². The highest BCUT2D eigenvalue weighted by molar-refractivity contribution is 5.79. The summed E-state index contributed by atoms with van der Waals surface area (Å²) < 4.78 is 35.6. The fourth-order valence-electron chi connectivity index (χ4n) is 17.8. The molecule has 620 valence electrons. The van der Waals surface area contributed by atoms with Crippen molar-refractivity contribution in [3.63, 3.8) is 0 Å². The molecule has 9 atom stereocenters. The molecule has 9 aliphatic carbocycles. The molecule has 0 aromatic heterocycles. The van der Waals surface area contributed by atoms with Crippen LogP contribution in [-0.2, 0) is 57.2 Å². The molecule has 0 aliphatic heterocycles. The minimum absolute atomic E-state index is 0.00870. The standard InChI is InChI=1S/C17H30O2.C17H32O2.C15H26O2.C15H28O2.C14H24O2.C14H26O2.C2H6/c1-8-14(2,3)13(18)19-17(7)15(4,5)12-9-10-16(17,6)11-12;1-5-16(2,3)15(18)19-17(4)13-11-9-7-6-8-10-12-14-17;1-5-14(3,4)13(16)17-15(6-2)10-11-7-8-12(15)9-11;1-5-14(3,4)13(16)17-15(6-2)11-9-7-8-10-12-15;1-6-12(2,3)11(15)16-14(5)9-10-7-8-13(10,14)4;1-5-13(2,3)12(15)16-14(4)10-8-6-7-9-11-14;1-2/h12H,8-11H2,1-7H3;5-14H2,1-4H3;11-12H,5-10H2,1-4H3;5-12H2,1-4H3;10H,6-9H2,1-5H3;5-11H2,1-4H3;1-2H3. The first-order valence-electron chi connectivity index (χ1n) is 44.3. The molecule has 0 spiro atoms. The Bertz CT molecular complexity index is 2710. The molecule has 106 heavy (non-hydrogen) atoms. The molecule has 4 bridgehead atoms. The van der Waals surface area contributed by atoms with Crippen molar-refractivity contribution in [2.45, 2.75) is 492 Å². The monoisotopic (exact) mass is 1490 g/mol. The highest BCUT2D eigenvalue weighted by Crippen LogP contribution is 2.70. The van der Waals surface area contributed by atoms with Crippen LogP contribution in [0.3, 0.4) is 0 Å². The number of esters is 6. The Kier molecular flexibility index (Phi) is 36.2. The molecule has 0 heterocycles. The number of ether oxygens (including phenoxy) is 6. The lowest BCUT2D eigenvalue weighted by molar-refractivity contribution is -0.265. The molecule has 0 N–H and O–H groups in total. The maximum Gasteiger partial charge on any atom is 0.312 e. The summed E-state index contributed by atoms with van der Waals surface area (Å²) in [5.74, 6) is 2.84. The van der Waals surface area contributed by atoms with E-state index in [1.165, 1.54) is 148 Å². The molecule has 0 aromatic carbocycles. The molecule has 9 rings (SSSR count). The summed E-state index contributed by atoms with van der Waals surface area (Å²) in [5.41, 5.74) is -2.82. The van der Waals surface area contributed by atoms with Crippen molar-refractivity contribution in [2.24, 2.45) is 72.4 Å². The van der Waals surface area contributed by atoms with E-state index in [0.717, 1.165) is 115 Å². The second-order valence-corrected chi connectivity index (χ2v) is 40.8. The largest absolute Gasteiger partial charge is 0.459 e. The Morgan fingerprint density at radius 3 is 0.934 bits per heavy atom. The Labute approximate surface area is 653 Å². The molecule has 9 saturated carbocycles. The van der Waals surface area contributed by atoms with E-state index in [2.05, 4.69) is 90.0 Å². The third kappa shape index (κ3) is 24.2. The van der Waals surface area contributed by atoms with Crippen LogP contribution in [0.15, 0.2) is 0 Å². The van der Waals surface area contributed by atoms with Crippen LogP contribution in [0.2, 0.25) is 0 Å². The fourth-order valence-corrected chi connectivity index (χ4v) is 17.8. The number of fused-ring (bicyclic) bond motifs is 5. The van der Waals surface area contributed by atoms with Gasteiger partial charge in [0.15, 0.2) is 0 Å². The van der Waals surface area contributed by atoms with Crippen LogP contribution in [-0.4, -0.2) is 69.4 Å². The van der Waals surface area contributed by atoms with Gasteiger partial charge in [0.25, 0.3) is 0 Å². The molecule has 0 amide bonds. The van der Waals surface area contributed by atoms with E-state index in [1.54, 1.807) is 0 Å². The SMILES string of the molecule is CC.CCC(C)(C)C(=O)OC1(C)C2(C)CCC(C2)C1(C)C.CCC(C)(C)C(=O)OC1(C)CC2CCC21C.CCC(C)(C)C(=O)OC1(C)CCCCCC1.CCC(C)(C)C(=O)OC1(C)CCCCCCCCC1.CCC(C)(C)C(=O)OC1(CC)CC2CCC1C2.CCC1(OC(=O)C(C)(C)CC)CCCCCC1. The van der Waals surface area contributed by atoms with Crippen molar-refractivity contribution in [2.75, 3.05) is 0 Å². The first-order valence-corrected chi connectivity index (χ1v) is 44.3. The van der Waals surface area contributed by atoms with Gasteiger partial charge >= 0.3 is 35.8 Å². The lowest BCUT2D eigenvalue weighted by atomic mass is 9.41. The molecular weight excluding hydrogens is 1320 g/mol. The fraction of sp³-hybridized carbons (Fsp3) is 0.936. The molecule has 12 nitrogen and oxygen atoms in total. The minimum Gasteiger partial charge on any atom is -0.459 e. The summed E-state index contributed by atoms with van der Waals surface area (Å²) in [6.45, 7) is 62.1. The van der Waals surface area contributed by atoms with Gasteiger partial charge in [0.2, 0.25) is 0 Å². The number of hydrogen-bond donors (Lipinski definition) is 0. The first kappa shape index (κ1) is 97.0. The lowest BCUT2D eigenvalue weighted by Crippen LogP contribution is -2.68. The third-order valence-electron chi connectivity index (χ3n) is 30.7. The molecule has 0 saturated heterocycles. The van der Waals surface area contributed by atoms with E-state index >= 15 is 0 Å². The second-order valence-electron chi connectivity index (χ2n) is 40.8. The zero-order valence-corrected chi connectivity index (χ0v) is 75.3. The van der Waals surface area contributed by atoms with Crippen LogP contribution < -0.4 is 0 Å². The summed E-state index contributed by atoms with van der Waals surface area (Å²) in [7, 11) is 0. The predicted octanol–water partition coefficient (Wildman–Crippen LogP) is 26.9. The summed E-state index contributed by atoms with van der Waals surface area (Å²) in [5, 5.41) is 0. The lowest BCUT2D eigenvalue weighted by Gasteiger charge is -2.67. The first-order chi connectivity index (χ1) is 48.9. The van der Waals surface area contributed by atoms with Gasteiger partial charge in [0.05, 0.1) is 32.5 Å². The summed E-state index contributed by atoms with van der Waals surface area (Å²) in [6.07, 6.45) is 44.4. The van der Waals surface area contributed by atoms with Gasteiger partial charge < -0.3 is 28.4 Å². The maximum absolute atomic E-state index is 12.5. The molecule has 0 radical (unpaired) electrons. The van der Waals surface area contributed by atoms with E-state index in [-0.39, 0.29) is 118 Å². The van der Waals surface area contributed by atoms with Crippen LogP contribution in [0.1, 0.15) is 458 Å². The van der Waals surface area contributed by atoms with Crippen LogP contribution >= 0.6 is 0 Å². The van der Waals surface area contributed by atoms with Gasteiger partial charge in [-0.25, -0.2) is 0 Å². The molecular formula is C94H172O12. The van der Waals surface area contributed by atoms with Gasteiger partial charge in [0.1, 0.15) is 33.6 Å². The minimum atomic E-state index is -0.378. The second kappa shape index (κ2) is 39.5. The quantitative estimate of drug-likeness (QED) is 0.0646. The van der Waals surface area contributed by atoms with E-state index < -0.39 is 0 Å². The summed E-state index contributed by atoms with van der Waals surface area (Å²) >= 11 is 0. The molecule has 9 aliphatic rings. The average Bonchev–Trinajstić information content (AvgIpc) is 1.14. The van der Waals surface area contributed by atoms with Gasteiger partial charge in [0, 0.05) is 16.2 Å². The topological polar surface area (TPSA) is 158 Å². The number of hydrogen-bond acceptors (Lipinski definition) is 12. The maximum atomic E-state index is 12.5. The third-order valence-corrected chi connectivity index (χ3v) is 30.7. The van der Waals surface area contributed by atoms with Gasteiger partial charge in [-0.15, -0.1) is 0 Å². The number of carbonyl (C=O) groups is 6.